The van der Waals surface area contributed by atoms with Crippen molar-refractivity contribution in [1.29, 1.82) is 0 Å². The predicted molar refractivity (Wildman–Crippen MR) is 159 cm³/mol. The van der Waals surface area contributed by atoms with Gasteiger partial charge in [-0.1, -0.05) is 91.1 Å². The van der Waals surface area contributed by atoms with Gasteiger partial charge in [-0.25, -0.2) is 0 Å². The molecule has 2 heterocycles. The molecule has 38 heavy (non-hydrogen) atoms. The van der Waals surface area contributed by atoms with Crippen LogP contribution >= 0.6 is 0 Å². The fourth-order valence-corrected chi connectivity index (χ4v) is 7.36. The molecule has 1 aromatic heterocycles. The second kappa shape index (κ2) is 8.77. The van der Waals surface area contributed by atoms with E-state index in [0.29, 0.717) is 23.9 Å². The van der Waals surface area contributed by atoms with E-state index in [9.17, 15) is 0 Å². The van der Waals surface area contributed by atoms with Gasteiger partial charge >= 0.3 is 0 Å². The van der Waals surface area contributed by atoms with Crippen molar-refractivity contribution in [3.8, 4) is 0 Å². The van der Waals surface area contributed by atoms with Gasteiger partial charge in [-0.2, -0.15) is 0 Å². The van der Waals surface area contributed by atoms with Gasteiger partial charge in [0.25, 0.3) is 0 Å². The summed E-state index contributed by atoms with van der Waals surface area (Å²) in [4.78, 5) is 2.59. The van der Waals surface area contributed by atoms with E-state index in [4.69, 9.17) is 0 Å². The molecule has 4 atom stereocenters. The quantitative estimate of drug-likeness (QED) is 0.259. The molecule has 0 radical (unpaired) electrons. The molecule has 1 fully saturated rings. The smallest absolute Gasteiger partial charge is 0.0591 e. The van der Waals surface area contributed by atoms with Crippen molar-refractivity contribution in [2.24, 2.45) is 5.92 Å². The Kier molecular flexibility index (Phi) is 5.07. The Balaban J connectivity index is 1.21. The van der Waals surface area contributed by atoms with E-state index in [1.807, 2.05) is 0 Å². The van der Waals surface area contributed by atoms with Crippen LogP contribution < -0.4 is 4.90 Å². The summed E-state index contributed by atoms with van der Waals surface area (Å²) < 4.78 is 2.54. The molecule has 1 aliphatic heterocycles. The summed E-state index contributed by atoms with van der Waals surface area (Å²) in [6.07, 6.45) is 23.4. The zero-order valence-electron chi connectivity index (χ0n) is 21.6. The number of hydrogen-bond donors (Lipinski definition) is 0. The zero-order chi connectivity index (χ0) is 25.1. The van der Waals surface area contributed by atoms with Crippen molar-refractivity contribution in [1.82, 2.24) is 4.57 Å². The molecule has 8 rings (SSSR count). The largest absolute Gasteiger partial charge is 0.334 e. The average molecular weight is 493 g/mol. The first-order valence-corrected chi connectivity index (χ1v) is 14.2. The van der Waals surface area contributed by atoms with E-state index in [1.165, 1.54) is 51.6 Å². The van der Waals surface area contributed by atoms with Crippen molar-refractivity contribution in [2.45, 2.75) is 43.7 Å². The van der Waals surface area contributed by atoms with Gasteiger partial charge in [-0.05, 0) is 67.2 Å². The molecule has 2 heteroatoms. The molecule has 0 amide bonds. The molecule has 2 nitrogen and oxygen atoms in total. The minimum absolute atomic E-state index is 0.370. The maximum atomic E-state index is 2.62. The van der Waals surface area contributed by atoms with Crippen LogP contribution in [0.15, 0.2) is 133 Å². The van der Waals surface area contributed by atoms with Gasteiger partial charge in [-0.3, -0.25) is 0 Å². The lowest BCUT2D eigenvalue weighted by molar-refractivity contribution is 0.527. The van der Waals surface area contributed by atoms with E-state index in [-0.39, 0.29) is 0 Å². The molecule has 1 saturated heterocycles. The van der Waals surface area contributed by atoms with Crippen LogP contribution in [-0.4, -0.2) is 10.6 Å². The van der Waals surface area contributed by atoms with Crippen LogP contribution in [0.4, 0.5) is 5.69 Å². The van der Waals surface area contributed by atoms with Gasteiger partial charge in [0, 0.05) is 45.0 Å². The van der Waals surface area contributed by atoms with Crippen LogP contribution in [0.25, 0.3) is 21.8 Å². The van der Waals surface area contributed by atoms with Crippen LogP contribution in [-0.2, 0) is 0 Å². The lowest BCUT2D eigenvalue weighted by Gasteiger charge is -2.29. The fourth-order valence-electron chi connectivity index (χ4n) is 7.36. The first-order chi connectivity index (χ1) is 18.9. The van der Waals surface area contributed by atoms with Crippen LogP contribution in [0.3, 0.4) is 0 Å². The van der Waals surface area contributed by atoms with Gasteiger partial charge in [0.1, 0.15) is 0 Å². The van der Waals surface area contributed by atoms with E-state index in [0.717, 1.165) is 12.8 Å². The molecule has 4 aliphatic rings. The molecule has 3 aromatic carbocycles. The second-order valence-electron chi connectivity index (χ2n) is 11.1. The summed E-state index contributed by atoms with van der Waals surface area (Å²) in [6, 6.07) is 28.0. The maximum Gasteiger partial charge on any atom is 0.0591 e. The molecule has 0 saturated carbocycles. The van der Waals surface area contributed by atoms with Crippen LogP contribution in [0, 0.1) is 5.92 Å². The number of anilines is 1. The number of para-hydroxylation sites is 2. The van der Waals surface area contributed by atoms with Crippen LogP contribution in [0.1, 0.15) is 43.2 Å². The summed E-state index contributed by atoms with van der Waals surface area (Å²) in [6.45, 7) is 0. The van der Waals surface area contributed by atoms with Gasteiger partial charge in [0.2, 0.25) is 0 Å². The van der Waals surface area contributed by atoms with Crippen LogP contribution in [0.5, 0.6) is 0 Å². The molecule has 4 unspecified atom stereocenters. The van der Waals surface area contributed by atoms with Crippen molar-refractivity contribution >= 4 is 27.5 Å². The molecule has 0 spiro atoms. The highest BCUT2D eigenvalue weighted by molar-refractivity contribution is 6.08. The Hall–Kier alpha value is -4.04. The number of fused-ring (bicyclic) bond motifs is 6. The Labute approximate surface area is 224 Å². The predicted octanol–water partition coefficient (Wildman–Crippen LogP) is 9.00. The average Bonchev–Trinajstić information content (AvgIpc) is 3.50. The normalized spacial score (nSPS) is 25.9. The molecular formula is C36H32N2. The molecular weight excluding hydrogens is 460 g/mol. The highest BCUT2D eigenvalue weighted by Gasteiger charge is 2.42. The number of rotatable bonds is 3. The maximum absolute atomic E-state index is 2.62. The third-order valence-electron chi connectivity index (χ3n) is 9.07. The SMILES string of the molecule is C1=CCC(n2c3ccccc3c3cc(C4C=C5C(=CC4)N(c4ccccc4)C4C=CCCC54)ccc32)C=C1. The summed E-state index contributed by atoms with van der Waals surface area (Å²) >= 11 is 0. The van der Waals surface area contributed by atoms with Crippen molar-refractivity contribution in [3.63, 3.8) is 0 Å². The minimum atomic E-state index is 0.370. The first kappa shape index (κ1) is 22.0. The molecule has 4 aromatic rings. The summed E-state index contributed by atoms with van der Waals surface area (Å²) in [5.41, 5.74) is 8.41. The van der Waals surface area contributed by atoms with Gasteiger partial charge in [0.15, 0.2) is 0 Å². The van der Waals surface area contributed by atoms with E-state index < -0.39 is 0 Å². The summed E-state index contributed by atoms with van der Waals surface area (Å²) in [7, 11) is 0. The molecule has 3 aliphatic carbocycles. The van der Waals surface area contributed by atoms with Gasteiger partial charge in [0.05, 0.1) is 12.1 Å². The van der Waals surface area contributed by atoms with Crippen molar-refractivity contribution in [2.75, 3.05) is 4.90 Å². The number of hydrogen-bond acceptors (Lipinski definition) is 1. The van der Waals surface area contributed by atoms with Crippen molar-refractivity contribution < 1.29 is 0 Å². The molecule has 186 valence electrons. The number of benzene rings is 3. The third kappa shape index (κ3) is 3.33. The van der Waals surface area contributed by atoms with Gasteiger partial charge in [-0.15, -0.1) is 0 Å². The fraction of sp³-hybridized carbons (Fsp3) is 0.222. The Morgan fingerprint density at radius 1 is 0.737 bits per heavy atom. The highest BCUT2D eigenvalue weighted by Crippen LogP contribution is 2.49. The lowest BCUT2D eigenvalue weighted by atomic mass is 9.81. The first-order valence-electron chi connectivity index (χ1n) is 14.2. The number of nitrogens with zero attached hydrogens (tertiary/aromatic N) is 2. The van der Waals surface area contributed by atoms with E-state index in [1.54, 1.807) is 5.57 Å². The Morgan fingerprint density at radius 2 is 1.61 bits per heavy atom. The standard InChI is InChI=1S/C36H32N2/c1-3-11-27(12-4-1)37-33-17-9-7-15-29(33)31-23-25(19-21-35(31)37)26-20-22-36-32(24-26)30-16-8-10-18-34(30)38(36)28-13-5-2-6-14-28/h1-7,9-11,13-15,17-19,21-24,26-27,30,34H,8,12,16,20H2. The zero-order valence-corrected chi connectivity index (χ0v) is 21.6. The topological polar surface area (TPSA) is 8.17 Å². The highest BCUT2D eigenvalue weighted by atomic mass is 15.2. The van der Waals surface area contributed by atoms with Crippen molar-refractivity contribution in [3.05, 3.63) is 138 Å². The van der Waals surface area contributed by atoms with E-state index in [2.05, 4.69) is 131 Å². The summed E-state index contributed by atoms with van der Waals surface area (Å²) in [5.74, 6) is 0.992. The third-order valence-corrected chi connectivity index (χ3v) is 9.07. The molecule has 0 bridgehead atoms. The second-order valence-corrected chi connectivity index (χ2v) is 11.1. The molecule has 0 N–H and O–H groups in total. The number of allylic oxidation sites excluding steroid dienone is 8. The van der Waals surface area contributed by atoms with E-state index >= 15 is 0 Å². The van der Waals surface area contributed by atoms with Crippen LogP contribution in [0.2, 0.25) is 0 Å². The minimum Gasteiger partial charge on any atom is -0.334 e. The monoisotopic (exact) mass is 492 g/mol. The Morgan fingerprint density at radius 3 is 2.50 bits per heavy atom. The Bertz CT molecular complexity index is 1690. The number of aromatic nitrogens is 1. The lowest BCUT2D eigenvalue weighted by Crippen LogP contribution is -2.31. The summed E-state index contributed by atoms with van der Waals surface area (Å²) in [5, 5.41) is 2.74. The van der Waals surface area contributed by atoms with Gasteiger partial charge < -0.3 is 9.47 Å².